The number of hydrogen-bond acceptors (Lipinski definition) is 4. The maximum absolute atomic E-state index is 11.9. The second-order valence-electron chi connectivity index (χ2n) is 4.73. The second kappa shape index (κ2) is 6.95. The van der Waals surface area contributed by atoms with Crippen LogP contribution in [0.2, 0.25) is 0 Å². The Morgan fingerprint density at radius 3 is 2.68 bits per heavy atom. The minimum atomic E-state index is -0.952. The van der Waals surface area contributed by atoms with Gasteiger partial charge in [0, 0.05) is 18.3 Å². The molecule has 1 aliphatic carbocycles. The van der Waals surface area contributed by atoms with E-state index in [1.54, 1.807) is 6.92 Å². The summed E-state index contributed by atoms with van der Waals surface area (Å²) >= 11 is 0. The van der Waals surface area contributed by atoms with E-state index in [0.717, 1.165) is 12.8 Å². The van der Waals surface area contributed by atoms with Gasteiger partial charge < -0.3 is 10.3 Å². The fraction of sp³-hybridized carbons (Fsp3) is 0.692. The van der Waals surface area contributed by atoms with Crippen LogP contribution in [0.4, 0.5) is 0 Å². The summed E-state index contributed by atoms with van der Waals surface area (Å²) in [4.78, 5) is 37.8. The van der Waals surface area contributed by atoms with Gasteiger partial charge in [0.1, 0.15) is 5.78 Å². The van der Waals surface area contributed by atoms with Gasteiger partial charge in [0.15, 0.2) is 0 Å². The standard InChI is InChI=1S/C13H18N2O4/c1-3-19-13(18)11(15-14)10(16)7-9-6-4-5-8(2)12(9)17/h8-9H,3-7H2,1-2H3. The smallest absolute Gasteiger partial charge is 0.441 e. The van der Waals surface area contributed by atoms with E-state index in [9.17, 15) is 14.4 Å². The molecule has 1 aliphatic rings. The number of hydrogen-bond donors (Lipinski definition) is 0. The van der Waals surface area contributed by atoms with E-state index >= 15 is 0 Å². The van der Waals surface area contributed by atoms with Crippen molar-refractivity contribution in [2.75, 3.05) is 6.61 Å². The van der Waals surface area contributed by atoms with Crippen LogP contribution in [0.15, 0.2) is 0 Å². The predicted molar refractivity (Wildman–Crippen MR) is 66.4 cm³/mol. The predicted octanol–water partition coefficient (Wildman–Crippen LogP) is 1.18. The van der Waals surface area contributed by atoms with Gasteiger partial charge in [0.2, 0.25) is 0 Å². The zero-order valence-electron chi connectivity index (χ0n) is 11.2. The van der Waals surface area contributed by atoms with Crippen LogP contribution in [0.3, 0.4) is 0 Å². The largest absolute Gasteiger partial charge is 0.457 e. The Morgan fingerprint density at radius 1 is 1.42 bits per heavy atom. The third kappa shape index (κ3) is 3.83. The van der Waals surface area contributed by atoms with E-state index in [2.05, 4.69) is 9.53 Å². The summed E-state index contributed by atoms with van der Waals surface area (Å²) in [5.41, 5.74) is 8.09. The van der Waals surface area contributed by atoms with Crippen LogP contribution in [0.5, 0.6) is 0 Å². The molecule has 104 valence electrons. The highest BCUT2D eigenvalue weighted by molar-refractivity contribution is 6.62. The SMILES string of the molecule is CCOC(=O)C(=[N+]=[N-])C(=O)CC1CCCC(C)C1=O. The van der Waals surface area contributed by atoms with Gasteiger partial charge in [-0.15, -0.1) is 0 Å². The topological polar surface area (TPSA) is 96.8 Å². The zero-order chi connectivity index (χ0) is 14.4. The quantitative estimate of drug-likeness (QED) is 0.245. The van der Waals surface area contributed by atoms with E-state index in [4.69, 9.17) is 5.53 Å². The molecule has 6 heteroatoms. The lowest BCUT2D eigenvalue weighted by molar-refractivity contribution is -0.142. The summed E-state index contributed by atoms with van der Waals surface area (Å²) in [6.45, 7) is 3.51. The lowest BCUT2D eigenvalue weighted by Gasteiger charge is -2.24. The molecule has 0 aromatic carbocycles. The molecule has 0 aliphatic heterocycles. The number of carbonyl (C=O) groups is 3. The Bertz CT molecular complexity index is 438. The Morgan fingerprint density at radius 2 is 2.11 bits per heavy atom. The molecule has 6 nitrogen and oxygen atoms in total. The highest BCUT2D eigenvalue weighted by Gasteiger charge is 2.36. The molecule has 0 radical (unpaired) electrons. The van der Waals surface area contributed by atoms with E-state index in [1.165, 1.54) is 0 Å². The molecular weight excluding hydrogens is 248 g/mol. The first kappa shape index (κ1) is 15.2. The van der Waals surface area contributed by atoms with Crippen molar-refractivity contribution >= 4 is 23.2 Å². The molecule has 1 rings (SSSR count). The fourth-order valence-corrected chi connectivity index (χ4v) is 2.29. The van der Waals surface area contributed by atoms with Gasteiger partial charge in [0.05, 0.1) is 6.61 Å². The molecule has 0 bridgehead atoms. The number of ether oxygens (including phenoxy) is 1. The average molecular weight is 266 g/mol. The summed E-state index contributed by atoms with van der Waals surface area (Å²) in [6, 6.07) is 0. The molecule has 1 fully saturated rings. The molecule has 0 aromatic heterocycles. The van der Waals surface area contributed by atoms with Crippen LogP contribution in [0.25, 0.3) is 5.53 Å². The highest BCUT2D eigenvalue weighted by atomic mass is 16.5. The van der Waals surface area contributed by atoms with Gasteiger partial charge in [-0.05, 0) is 19.8 Å². The molecule has 0 spiro atoms. The normalized spacial score (nSPS) is 22.5. The first-order valence-corrected chi connectivity index (χ1v) is 6.47. The van der Waals surface area contributed by atoms with Gasteiger partial charge in [-0.2, -0.15) is 4.79 Å². The van der Waals surface area contributed by atoms with Crippen LogP contribution < -0.4 is 0 Å². The molecule has 0 heterocycles. The average Bonchev–Trinajstić information content (AvgIpc) is 2.36. The Balaban J connectivity index is 2.70. The minimum Gasteiger partial charge on any atom is -0.457 e. The van der Waals surface area contributed by atoms with Crippen molar-refractivity contribution in [1.29, 1.82) is 0 Å². The van der Waals surface area contributed by atoms with Crippen LogP contribution in [0.1, 0.15) is 39.5 Å². The first-order valence-electron chi connectivity index (χ1n) is 6.47. The van der Waals surface area contributed by atoms with E-state index in [0.29, 0.717) is 6.42 Å². The molecule has 0 N–H and O–H groups in total. The van der Waals surface area contributed by atoms with E-state index < -0.39 is 17.5 Å². The molecular formula is C13H18N2O4. The van der Waals surface area contributed by atoms with Crippen molar-refractivity contribution in [1.82, 2.24) is 0 Å². The summed E-state index contributed by atoms with van der Waals surface area (Å²) < 4.78 is 4.62. The van der Waals surface area contributed by atoms with Crippen molar-refractivity contribution in [2.24, 2.45) is 11.8 Å². The summed E-state index contributed by atoms with van der Waals surface area (Å²) in [6.07, 6.45) is 2.26. The molecule has 0 saturated heterocycles. The van der Waals surface area contributed by atoms with Crippen molar-refractivity contribution in [3.63, 3.8) is 0 Å². The third-order valence-electron chi connectivity index (χ3n) is 3.34. The Hall–Kier alpha value is -1.81. The number of Topliss-reactive ketones (excluding diaryl/α,β-unsaturated/α-hetero) is 2. The molecule has 2 unspecified atom stereocenters. The minimum absolute atomic E-state index is 0.0424. The van der Waals surface area contributed by atoms with Crippen molar-refractivity contribution < 1.29 is 23.9 Å². The Kier molecular flexibility index (Phi) is 5.57. The van der Waals surface area contributed by atoms with Gasteiger partial charge in [-0.1, -0.05) is 13.3 Å². The summed E-state index contributed by atoms with van der Waals surface area (Å²) in [5, 5.41) is 0. The van der Waals surface area contributed by atoms with Gasteiger partial charge in [-0.25, -0.2) is 4.79 Å². The third-order valence-corrected chi connectivity index (χ3v) is 3.34. The number of rotatable bonds is 5. The Labute approximate surface area is 111 Å². The lowest BCUT2D eigenvalue weighted by atomic mass is 9.78. The monoisotopic (exact) mass is 266 g/mol. The van der Waals surface area contributed by atoms with E-state index in [1.807, 2.05) is 6.92 Å². The van der Waals surface area contributed by atoms with Crippen molar-refractivity contribution in [3.05, 3.63) is 5.53 Å². The van der Waals surface area contributed by atoms with Crippen LogP contribution >= 0.6 is 0 Å². The maximum atomic E-state index is 11.9. The van der Waals surface area contributed by atoms with Crippen LogP contribution in [0, 0.1) is 11.8 Å². The molecule has 0 aromatic rings. The summed E-state index contributed by atoms with van der Waals surface area (Å²) in [5.74, 6) is -1.99. The molecule has 0 amide bonds. The van der Waals surface area contributed by atoms with Gasteiger partial charge in [-0.3, -0.25) is 9.59 Å². The molecule has 19 heavy (non-hydrogen) atoms. The number of ketones is 2. The lowest BCUT2D eigenvalue weighted by Crippen LogP contribution is -2.33. The maximum Gasteiger partial charge on any atom is 0.441 e. The second-order valence-corrected chi connectivity index (χ2v) is 4.73. The molecule has 1 saturated carbocycles. The van der Waals surface area contributed by atoms with E-state index in [-0.39, 0.29) is 30.6 Å². The highest BCUT2D eigenvalue weighted by Crippen LogP contribution is 2.27. The fourth-order valence-electron chi connectivity index (χ4n) is 2.29. The number of nitrogens with zero attached hydrogens (tertiary/aromatic N) is 2. The van der Waals surface area contributed by atoms with Crippen molar-refractivity contribution in [2.45, 2.75) is 39.5 Å². The number of esters is 1. The van der Waals surface area contributed by atoms with Gasteiger partial charge >= 0.3 is 11.7 Å². The summed E-state index contributed by atoms with van der Waals surface area (Å²) in [7, 11) is 0. The van der Waals surface area contributed by atoms with Crippen molar-refractivity contribution in [3.8, 4) is 0 Å². The number of carbonyl (C=O) groups excluding carboxylic acids is 3. The van der Waals surface area contributed by atoms with Gasteiger partial charge in [0.25, 0.3) is 5.78 Å². The first-order chi connectivity index (χ1) is 9.01. The zero-order valence-corrected chi connectivity index (χ0v) is 11.2. The van der Waals surface area contributed by atoms with Crippen LogP contribution in [-0.4, -0.2) is 34.6 Å². The van der Waals surface area contributed by atoms with Crippen LogP contribution in [-0.2, 0) is 19.1 Å². The molecule has 2 atom stereocenters.